The van der Waals surface area contributed by atoms with Gasteiger partial charge in [0.1, 0.15) is 0 Å². The summed E-state index contributed by atoms with van der Waals surface area (Å²) in [7, 11) is 0. The van der Waals surface area contributed by atoms with Gasteiger partial charge in [-0.3, -0.25) is 9.59 Å². The van der Waals surface area contributed by atoms with Gasteiger partial charge >= 0.3 is 0 Å². The number of hydrogen-bond donors (Lipinski definition) is 1. The van der Waals surface area contributed by atoms with Crippen LogP contribution < -0.4 is 14.8 Å². The van der Waals surface area contributed by atoms with Crippen molar-refractivity contribution in [2.75, 3.05) is 12.1 Å². The Labute approximate surface area is 149 Å². The van der Waals surface area contributed by atoms with Crippen LogP contribution in [0.25, 0.3) is 5.69 Å². The van der Waals surface area contributed by atoms with Gasteiger partial charge in [0.2, 0.25) is 6.79 Å². The Hall–Kier alpha value is -3.61. The monoisotopic (exact) mass is 349 g/mol. The van der Waals surface area contributed by atoms with Gasteiger partial charge in [-0.2, -0.15) is 5.10 Å². The molecule has 0 spiro atoms. The number of aromatic nitrogens is 2. The summed E-state index contributed by atoms with van der Waals surface area (Å²) in [5.74, 6) is 0.480. The minimum Gasteiger partial charge on any atom is -0.454 e. The molecule has 1 aliphatic heterocycles. The van der Waals surface area contributed by atoms with Crippen molar-refractivity contribution in [1.82, 2.24) is 9.78 Å². The largest absolute Gasteiger partial charge is 0.454 e. The first-order chi connectivity index (χ1) is 12.6. The van der Waals surface area contributed by atoms with Crippen molar-refractivity contribution in [3.05, 3.63) is 66.0 Å². The number of carbonyl (C=O) groups is 2. The van der Waals surface area contributed by atoms with Crippen molar-refractivity contribution in [3.63, 3.8) is 0 Å². The van der Waals surface area contributed by atoms with Crippen LogP contribution in [0.1, 0.15) is 27.6 Å². The van der Waals surface area contributed by atoms with Crippen LogP contribution in [0, 0.1) is 0 Å². The van der Waals surface area contributed by atoms with E-state index in [-0.39, 0.29) is 18.5 Å². The van der Waals surface area contributed by atoms with Crippen LogP contribution in [0.4, 0.5) is 5.69 Å². The fourth-order valence-corrected chi connectivity index (χ4v) is 2.74. The second kappa shape index (κ2) is 6.36. The zero-order valence-corrected chi connectivity index (χ0v) is 13.9. The number of Topliss-reactive ketones (excluding diaryl/α,β-unsaturated/α-hetero) is 1. The molecule has 26 heavy (non-hydrogen) atoms. The fraction of sp³-hybridized carbons (Fsp3) is 0.105. The van der Waals surface area contributed by atoms with E-state index >= 15 is 0 Å². The number of amides is 1. The van der Waals surface area contributed by atoms with E-state index in [4.69, 9.17) is 9.47 Å². The van der Waals surface area contributed by atoms with Crippen molar-refractivity contribution in [3.8, 4) is 17.2 Å². The van der Waals surface area contributed by atoms with Gasteiger partial charge in [0.05, 0.1) is 11.4 Å². The smallest absolute Gasteiger partial charge is 0.255 e. The van der Waals surface area contributed by atoms with E-state index in [9.17, 15) is 9.59 Å². The molecule has 4 rings (SSSR count). The van der Waals surface area contributed by atoms with Crippen molar-refractivity contribution < 1.29 is 19.1 Å². The molecule has 130 valence electrons. The van der Waals surface area contributed by atoms with Gasteiger partial charge in [0.25, 0.3) is 5.91 Å². The Bertz CT molecular complexity index is 996. The number of hydrogen-bond acceptors (Lipinski definition) is 5. The summed E-state index contributed by atoms with van der Waals surface area (Å²) >= 11 is 0. The fourth-order valence-electron chi connectivity index (χ4n) is 2.74. The molecule has 0 radical (unpaired) electrons. The first-order valence-electron chi connectivity index (χ1n) is 7.98. The Balaban J connectivity index is 1.65. The maximum Gasteiger partial charge on any atom is 0.255 e. The summed E-state index contributed by atoms with van der Waals surface area (Å²) in [4.78, 5) is 24.6. The molecule has 0 unspecified atom stereocenters. The minimum absolute atomic E-state index is 0.0932. The van der Waals surface area contributed by atoms with Crippen LogP contribution in [0.15, 0.2) is 54.9 Å². The number of ether oxygens (including phenoxy) is 2. The van der Waals surface area contributed by atoms with E-state index < -0.39 is 0 Å². The van der Waals surface area contributed by atoms with Gasteiger partial charge in [-0.05, 0) is 37.3 Å². The lowest BCUT2D eigenvalue weighted by Crippen LogP contribution is -2.14. The van der Waals surface area contributed by atoms with Gasteiger partial charge in [0, 0.05) is 29.6 Å². The highest BCUT2D eigenvalue weighted by Gasteiger charge is 2.20. The third kappa shape index (κ3) is 2.90. The second-order valence-electron chi connectivity index (χ2n) is 5.76. The molecule has 1 N–H and O–H groups in total. The number of nitrogens with zero attached hydrogens (tertiary/aromatic N) is 2. The molecule has 7 nitrogen and oxygen atoms in total. The van der Waals surface area contributed by atoms with Gasteiger partial charge in [0.15, 0.2) is 17.3 Å². The second-order valence-corrected chi connectivity index (χ2v) is 5.76. The molecule has 1 amide bonds. The minimum atomic E-state index is -0.333. The standard InChI is InChI=1S/C19H15N3O4/c1-12(23)15-9-17-18(26-11-25-17)10-16(15)21-19(24)13-4-2-5-14(8-13)22-7-3-6-20-22/h2-10H,11H2,1H3,(H,21,24). The SMILES string of the molecule is CC(=O)c1cc2c(cc1NC(=O)c1cccc(-n3cccn3)c1)OCO2. The van der Waals surface area contributed by atoms with Crippen LogP contribution in [0.5, 0.6) is 11.5 Å². The molecule has 0 saturated carbocycles. The topological polar surface area (TPSA) is 82.5 Å². The summed E-state index contributed by atoms with van der Waals surface area (Å²) in [6.07, 6.45) is 3.46. The molecule has 0 saturated heterocycles. The van der Waals surface area contributed by atoms with Crippen LogP contribution in [0.2, 0.25) is 0 Å². The average Bonchev–Trinajstić information content (AvgIpc) is 3.32. The Morgan fingerprint density at radius 3 is 2.65 bits per heavy atom. The quantitative estimate of drug-likeness (QED) is 0.732. The predicted molar refractivity (Wildman–Crippen MR) is 94.1 cm³/mol. The first kappa shape index (κ1) is 15.9. The van der Waals surface area contributed by atoms with Crippen LogP contribution in [0.3, 0.4) is 0 Å². The van der Waals surface area contributed by atoms with Gasteiger partial charge < -0.3 is 14.8 Å². The molecular formula is C19H15N3O4. The number of nitrogens with one attached hydrogen (secondary N) is 1. The average molecular weight is 349 g/mol. The van der Waals surface area contributed by atoms with E-state index in [1.165, 1.54) is 6.92 Å². The Morgan fingerprint density at radius 1 is 1.12 bits per heavy atom. The van der Waals surface area contributed by atoms with Crippen LogP contribution in [-0.4, -0.2) is 28.3 Å². The van der Waals surface area contributed by atoms with E-state index in [1.807, 2.05) is 6.07 Å². The first-order valence-corrected chi connectivity index (χ1v) is 7.98. The van der Waals surface area contributed by atoms with E-state index in [2.05, 4.69) is 10.4 Å². The summed E-state index contributed by atoms with van der Waals surface area (Å²) in [6, 6.07) is 12.0. The Kier molecular flexibility index (Phi) is 3.89. The number of anilines is 1. The molecule has 0 bridgehead atoms. The molecule has 7 heteroatoms. The Morgan fingerprint density at radius 2 is 1.92 bits per heavy atom. The molecule has 1 aliphatic rings. The molecule has 3 aromatic rings. The maximum absolute atomic E-state index is 12.7. The summed E-state index contributed by atoms with van der Waals surface area (Å²) < 4.78 is 12.3. The van der Waals surface area contributed by atoms with Gasteiger partial charge in [-0.15, -0.1) is 0 Å². The van der Waals surface area contributed by atoms with Crippen LogP contribution in [-0.2, 0) is 0 Å². The number of rotatable bonds is 4. The third-order valence-electron chi connectivity index (χ3n) is 4.02. The highest BCUT2D eigenvalue weighted by Crippen LogP contribution is 2.37. The summed E-state index contributed by atoms with van der Waals surface area (Å²) in [5.41, 5.74) is 1.97. The molecule has 0 atom stereocenters. The van der Waals surface area contributed by atoms with Crippen LogP contribution >= 0.6 is 0 Å². The molecule has 2 heterocycles. The predicted octanol–water partition coefficient (Wildman–Crippen LogP) is 3.06. The molecule has 1 aromatic heterocycles. The lowest BCUT2D eigenvalue weighted by molar-refractivity contribution is 0.101. The number of fused-ring (bicyclic) bond motifs is 1. The molecule has 0 fully saturated rings. The summed E-state index contributed by atoms with van der Waals surface area (Å²) in [6.45, 7) is 1.53. The van der Waals surface area contributed by atoms with Crippen molar-refractivity contribution in [1.29, 1.82) is 0 Å². The van der Waals surface area contributed by atoms with E-state index in [0.717, 1.165) is 5.69 Å². The highest BCUT2D eigenvalue weighted by molar-refractivity contribution is 6.09. The maximum atomic E-state index is 12.7. The van der Waals surface area contributed by atoms with Gasteiger partial charge in [-0.25, -0.2) is 4.68 Å². The van der Waals surface area contributed by atoms with Crippen molar-refractivity contribution >= 4 is 17.4 Å². The van der Waals surface area contributed by atoms with E-state index in [1.54, 1.807) is 53.5 Å². The van der Waals surface area contributed by atoms with Crippen molar-refractivity contribution in [2.24, 2.45) is 0 Å². The molecular weight excluding hydrogens is 334 g/mol. The molecule has 0 aliphatic carbocycles. The lowest BCUT2D eigenvalue weighted by Gasteiger charge is -2.11. The number of carbonyl (C=O) groups excluding carboxylic acids is 2. The zero-order chi connectivity index (χ0) is 18.1. The normalized spacial score (nSPS) is 12.0. The molecule has 2 aromatic carbocycles. The van der Waals surface area contributed by atoms with E-state index in [0.29, 0.717) is 28.3 Å². The van der Waals surface area contributed by atoms with Gasteiger partial charge in [-0.1, -0.05) is 6.07 Å². The zero-order valence-electron chi connectivity index (χ0n) is 13.9. The highest BCUT2D eigenvalue weighted by atomic mass is 16.7. The third-order valence-corrected chi connectivity index (χ3v) is 4.02. The van der Waals surface area contributed by atoms with Crippen molar-refractivity contribution in [2.45, 2.75) is 6.92 Å². The summed E-state index contributed by atoms with van der Waals surface area (Å²) in [5, 5.41) is 6.94. The number of ketones is 1. The number of benzene rings is 2. The lowest BCUT2D eigenvalue weighted by atomic mass is 10.1.